The maximum atomic E-state index is 14.1. The summed E-state index contributed by atoms with van der Waals surface area (Å²) in [6.45, 7) is -0.911. The number of anilines is 2. The van der Waals surface area contributed by atoms with Crippen LogP contribution in [-0.2, 0) is 0 Å². The first-order valence-electron chi connectivity index (χ1n) is 10.7. The number of benzene rings is 1. The molecule has 33 heavy (non-hydrogen) atoms. The number of aromatic amines is 1. The molecule has 174 valence electrons. The minimum atomic E-state index is -2.73. The molecule has 10 heteroatoms. The number of imidazole rings is 1. The van der Waals surface area contributed by atoms with Crippen molar-refractivity contribution in [3.8, 4) is 5.88 Å². The van der Waals surface area contributed by atoms with Gasteiger partial charge in [-0.2, -0.15) is 9.97 Å². The third kappa shape index (κ3) is 5.65. The second kappa shape index (κ2) is 10.2. The summed E-state index contributed by atoms with van der Waals surface area (Å²) in [4.78, 5) is 24.1. The molecule has 1 aliphatic rings. The summed E-state index contributed by atoms with van der Waals surface area (Å²) in [6.07, 6.45) is 6.05. The fraction of sp³-hybridized carbons (Fsp3) is 0.348. The summed E-state index contributed by atoms with van der Waals surface area (Å²) in [6, 6.07) is 5.66. The van der Waals surface area contributed by atoms with Crippen molar-refractivity contribution in [1.82, 2.24) is 15.0 Å². The number of carbonyl (C=O) groups excluding carboxylic acids is 1. The van der Waals surface area contributed by atoms with Crippen molar-refractivity contribution in [2.24, 2.45) is 5.92 Å². The lowest BCUT2D eigenvalue weighted by Gasteiger charge is -2.17. The van der Waals surface area contributed by atoms with Crippen LogP contribution in [0, 0.1) is 11.7 Å². The largest absolute Gasteiger partial charge is 0.471 e. The number of nitrogens with one attached hydrogen (secondary N) is 2. The molecule has 1 fully saturated rings. The second-order valence-electron chi connectivity index (χ2n) is 7.84. The molecule has 0 saturated heterocycles. The molecule has 1 aromatic carbocycles. The number of pyridine rings is 1. The number of rotatable bonds is 8. The molecule has 0 amide bonds. The van der Waals surface area contributed by atoms with Crippen molar-refractivity contribution in [3.05, 3.63) is 52.8 Å². The standard InChI is InChI=1S/C23H22ClF3N4O2/c24-15-7-4-8-16(25)20(15)29-23-28-17-11-14(18(32)10-9-13-5-2-1-3-6-13)22(30-21(17)31-23)33-12-19(26)27/h4,7-11,13,19H,1-3,5-6,12H2,(H2,28,29,30,31)/b10-9+. The molecule has 0 aliphatic heterocycles. The van der Waals surface area contributed by atoms with Crippen molar-refractivity contribution >= 4 is 40.2 Å². The lowest BCUT2D eigenvalue weighted by Crippen LogP contribution is -2.11. The van der Waals surface area contributed by atoms with E-state index in [1.807, 2.05) is 6.08 Å². The number of halogens is 4. The number of aromatic nitrogens is 3. The Morgan fingerprint density at radius 3 is 2.79 bits per heavy atom. The van der Waals surface area contributed by atoms with E-state index in [0.717, 1.165) is 25.7 Å². The molecule has 6 nitrogen and oxygen atoms in total. The minimum absolute atomic E-state index is 0.0131. The molecule has 1 saturated carbocycles. The van der Waals surface area contributed by atoms with Crippen molar-refractivity contribution in [2.45, 2.75) is 38.5 Å². The molecule has 0 radical (unpaired) electrons. The molecule has 2 N–H and O–H groups in total. The van der Waals surface area contributed by atoms with Crippen LogP contribution in [0.1, 0.15) is 42.5 Å². The SMILES string of the molecule is O=C(/C=C/C1CCCCC1)c1cc2[nH]c(Nc3c(F)cccc3Cl)nc2nc1OCC(F)F. The minimum Gasteiger partial charge on any atom is -0.471 e. The molecule has 0 spiro atoms. The Hall–Kier alpha value is -3.07. The van der Waals surface area contributed by atoms with Crippen LogP contribution < -0.4 is 10.1 Å². The zero-order chi connectivity index (χ0) is 23.4. The predicted molar refractivity (Wildman–Crippen MR) is 120 cm³/mol. The molecule has 0 unspecified atom stereocenters. The van der Waals surface area contributed by atoms with Gasteiger partial charge in [0.25, 0.3) is 6.43 Å². The summed E-state index contributed by atoms with van der Waals surface area (Å²) >= 11 is 6.04. The lowest BCUT2D eigenvalue weighted by molar-refractivity contribution is 0.0783. The van der Waals surface area contributed by atoms with Gasteiger partial charge >= 0.3 is 0 Å². The van der Waals surface area contributed by atoms with Crippen molar-refractivity contribution < 1.29 is 22.7 Å². The Balaban J connectivity index is 1.64. The first-order valence-corrected chi connectivity index (χ1v) is 11.0. The van der Waals surface area contributed by atoms with Crippen LogP contribution in [0.5, 0.6) is 5.88 Å². The summed E-state index contributed by atoms with van der Waals surface area (Å²) in [5.74, 6) is -0.783. The van der Waals surface area contributed by atoms with Crippen molar-refractivity contribution in [2.75, 3.05) is 11.9 Å². The summed E-state index contributed by atoms with van der Waals surface area (Å²) in [5.41, 5.74) is 0.513. The zero-order valence-corrected chi connectivity index (χ0v) is 18.3. The van der Waals surface area contributed by atoms with Gasteiger partial charge in [-0.25, -0.2) is 13.2 Å². The Kier molecular flexibility index (Phi) is 7.17. The number of fused-ring (bicyclic) bond motifs is 1. The first kappa shape index (κ1) is 23.1. The number of alkyl halides is 2. The molecule has 2 aromatic heterocycles. The summed E-state index contributed by atoms with van der Waals surface area (Å²) < 4.78 is 44.7. The number of nitrogens with zero attached hydrogens (tertiary/aromatic N) is 2. The fourth-order valence-electron chi connectivity index (χ4n) is 3.79. The van der Waals surface area contributed by atoms with Crippen molar-refractivity contribution in [1.29, 1.82) is 0 Å². The van der Waals surface area contributed by atoms with Gasteiger partial charge in [0.2, 0.25) is 11.8 Å². The highest BCUT2D eigenvalue weighted by Gasteiger charge is 2.19. The van der Waals surface area contributed by atoms with E-state index in [0.29, 0.717) is 11.4 Å². The number of hydrogen-bond acceptors (Lipinski definition) is 5. The van der Waals surface area contributed by atoms with E-state index in [2.05, 4.69) is 20.3 Å². The summed E-state index contributed by atoms with van der Waals surface area (Å²) in [5, 5.41) is 2.89. The van der Waals surface area contributed by atoms with Crippen LogP contribution in [0.4, 0.5) is 24.8 Å². The van der Waals surface area contributed by atoms with E-state index in [1.54, 1.807) is 0 Å². The third-order valence-corrected chi connectivity index (χ3v) is 5.74. The monoisotopic (exact) mass is 478 g/mol. The van der Waals surface area contributed by atoms with Crippen LogP contribution in [-0.4, -0.2) is 33.8 Å². The van der Waals surface area contributed by atoms with Gasteiger partial charge in [0.15, 0.2) is 18.0 Å². The van der Waals surface area contributed by atoms with Gasteiger partial charge in [0.05, 0.1) is 21.8 Å². The van der Waals surface area contributed by atoms with Crippen molar-refractivity contribution in [3.63, 3.8) is 0 Å². The topological polar surface area (TPSA) is 79.9 Å². The third-order valence-electron chi connectivity index (χ3n) is 5.43. The van der Waals surface area contributed by atoms with Gasteiger partial charge in [0.1, 0.15) is 5.82 Å². The van der Waals surface area contributed by atoms with Crippen LogP contribution >= 0.6 is 11.6 Å². The highest BCUT2D eigenvalue weighted by molar-refractivity contribution is 6.33. The van der Waals surface area contributed by atoms with Crippen LogP contribution in [0.2, 0.25) is 5.02 Å². The highest BCUT2D eigenvalue weighted by atomic mass is 35.5. The lowest BCUT2D eigenvalue weighted by atomic mass is 9.89. The second-order valence-corrected chi connectivity index (χ2v) is 8.25. The molecule has 0 atom stereocenters. The Bertz CT molecular complexity index is 1160. The van der Waals surface area contributed by atoms with Gasteiger partial charge < -0.3 is 15.0 Å². The number of ketones is 1. The van der Waals surface area contributed by atoms with E-state index in [1.165, 1.54) is 36.8 Å². The molecule has 2 heterocycles. The number of hydrogen-bond donors (Lipinski definition) is 2. The fourth-order valence-corrected chi connectivity index (χ4v) is 4.00. The van der Waals surface area contributed by atoms with E-state index in [4.69, 9.17) is 16.3 Å². The van der Waals surface area contributed by atoms with Crippen LogP contribution in [0.25, 0.3) is 11.2 Å². The number of para-hydroxylation sites is 1. The number of allylic oxidation sites excluding steroid dienone is 2. The van der Waals surface area contributed by atoms with Gasteiger partial charge in [0, 0.05) is 0 Å². The van der Waals surface area contributed by atoms with Gasteiger partial charge in [-0.15, -0.1) is 0 Å². The molecular weight excluding hydrogens is 457 g/mol. The van der Waals surface area contributed by atoms with Crippen LogP contribution in [0.3, 0.4) is 0 Å². The van der Waals surface area contributed by atoms with E-state index >= 15 is 0 Å². The molecule has 1 aliphatic carbocycles. The van der Waals surface area contributed by atoms with Gasteiger partial charge in [-0.1, -0.05) is 43.0 Å². The maximum Gasteiger partial charge on any atom is 0.272 e. The quantitative estimate of drug-likeness (QED) is 0.287. The average molecular weight is 479 g/mol. The molecule has 3 aromatic rings. The number of carbonyl (C=O) groups is 1. The predicted octanol–water partition coefficient (Wildman–Crippen LogP) is 6.46. The van der Waals surface area contributed by atoms with Gasteiger partial charge in [-0.3, -0.25) is 4.79 Å². The first-order chi connectivity index (χ1) is 15.9. The van der Waals surface area contributed by atoms with Crippen LogP contribution in [0.15, 0.2) is 36.4 Å². The molecule has 4 rings (SSSR count). The molecule has 0 bridgehead atoms. The zero-order valence-electron chi connectivity index (χ0n) is 17.6. The van der Waals surface area contributed by atoms with Gasteiger partial charge in [-0.05, 0) is 43.0 Å². The van der Waals surface area contributed by atoms with E-state index < -0.39 is 24.6 Å². The Morgan fingerprint density at radius 2 is 2.06 bits per heavy atom. The maximum absolute atomic E-state index is 14.1. The molecular formula is C23H22ClF3N4O2. The Labute approximate surface area is 193 Å². The average Bonchev–Trinajstić information content (AvgIpc) is 3.20. The smallest absolute Gasteiger partial charge is 0.272 e. The normalized spacial score (nSPS) is 14.9. The summed E-state index contributed by atoms with van der Waals surface area (Å²) in [7, 11) is 0. The van der Waals surface area contributed by atoms with E-state index in [9.17, 15) is 18.0 Å². The Morgan fingerprint density at radius 1 is 1.27 bits per heavy atom. The number of H-pyrrole nitrogens is 1. The number of ether oxygens (including phenoxy) is 1. The highest BCUT2D eigenvalue weighted by Crippen LogP contribution is 2.30. The van der Waals surface area contributed by atoms with E-state index in [-0.39, 0.29) is 33.7 Å².